The van der Waals surface area contributed by atoms with Crippen LogP contribution in [0.2, 0.25) is 0 Å². The molecule has 142 valence electrons. The molecule has 0 aliphatic heterocycles. The van der Waals surface area contributed by atoms with Gasteiger partial charge < -0.3 is 9.64 Å². The zero-order valence-electron chi connectivity index (χ0n) is 16.0. The van der Waals surface area contributed by atoms with E-state index in [0.717, 1.165) is 36.1 Å². The Bertz CT molecular complexity index is 869. The molecule has 0 spiro atoms. The molecule has 0 saturated carbocycles. The number of fused-ring (bicyclic) bond motifs is 3. The van der Waals surface area contributed by atoms with E-state index in [-0.39, 0.29) is 24.2 Å². The number of esters is 1. The number of ether oxygens (including phenoxy) is 1. The highest BCUT2D eigenvalue weighted by Gasteiger charge is 2.23. The van der Waals surface area contributed by atoms with E-state index in [1.165, 1.54) is 15.9 Å². The molecule has 0 fully saturated rings. The Morgan fingerprint density at radius 2 is 2.08 bits per heavy atom. The molecule has 7 heteroatoms. The molecule has 1 atom stereocenters. The Morgan fingerprint density at radius 3 is 2.77 bits per heavy atom. The molecular formula is C19H27N3O3S. The minimum absolute atomic E-state index is 0.0834. The van der Waals surface area contributed by atoms with Gasteiger partial charge in [0.15, 0.2) is 0 Å². The Morgan fingerprint density at radius 1 is 1.35 bits per heavy atom. The van der Waals surface area contributed by atoms with E-state index in [1.54, 1.807) is 11.3 Å². The summed E-state index contributed by atoms with van der Waals surface area (Å²) in [6, 6.07) is 0. The van der Waals surface area contributed by atoms with Crippen molar-refractivity contribution in [2.75, 3.05) is 14.1 Å². The van der Waals surface area contributed by atoms with Crippen molar-refractivity contribution in [3.05, 3.63) is 26.6 Å². The fourth-order valence-electron chi connectivity index (χ4n) is 3.32. The molecule has 1 aliphatic rings. The van der Waals surface area contributed by atoms with E-state index in [2.05, 4.69) is 0 Å². The SMILES string of the molecule is CCC(C)OC(=O)Cn1c(CN(C)C)nc2sc3c(c2c1=O)CCCC3. The van der Waals surface area contributed by atoms with Crippen LogP contribution in [0.3, 0.4) is 0 Å². The number of carbonyl (C=O) groups excluding carboxylic acids is 1. The topological polar surface area (TPSA) is 64.4 Å². The zero-order chi connectivity index (χ0) is 18.8. The van der Waals surface area contributed by atoms with E-state index < -0.39 is 0 Å². The second-order valence-electron chi connectivity index (χ2n) is 7.26. The number of rotatable bonds is 6. The number of nitrogens with zero attached hydrogens (tertiary/aromatic N) is 3. The van der Waals surface area contributed by atoms with Crippen LogP contribution in [0.1, 0.15) is 49.4 Å². The van der Waals surface area contributed by atoms with Gasteiger partial charge in [-0.05, 0) is 58.7 Å². The monoisotopic (exact) mass is 377 g/mol. The van der Waals surface area contributed by atoms with Gasteiger partial charge in [-0.2, -0.15) is 0 Å². The van der Waals surface area contributed by atoms with Crippen LogP contribution in [-0.4, -0.2) is 40.6 Å². The summed E-state index contributed by atoms with van der Waals surface area (Å²) in [5.74, 6) is 0.235. The zero-order valence-corrected chi connectivity index (χ0v) is 16.8. The fraction of sp³-hybridized carbons (Fsp3) is 0.632. The summed E-state index contributed by atoms with van der Waals surface area (Å²) in [5.41, 5.74) is 1.04. The molecule has 6 nitrogen and oxygen atoms in total. The predicted octanol–water partition coefficient (Wildman–Crippen LogP) is 2.74. The molecule has 0 N–H and O–H groups in total. The van der Waals surface area contributed by atoms with Crippen LogP contribution in [0.4, 0.5) is 0 Å². The quantitative estimate of drug-likeness (QED) is 0.724. The van der Waals surface area contributed by atoms with Gasteiger partial charge in [0, 0.05) is 4.88 Å². The Balaban J connectivity index is 2.07. The molecule has 3 rings (SSSR count). The van der Waals surface area contributed by atoms with Gasteiger partial charge in [-0.3, -0.25) is 14.2 Å². The molecular weight excluding hydrogens is 350 g/mol. The van der Waals surface area contributed by atoms with Gasteiger partial charge in [0.05, 0.1) is 18.0 Å². The van der Waals surface area contributed by atoms with Crippen molar-refractivity contribution in [2.45, 2.75) is 65.1 Å². The van der Waals surface area contributed by atoms with Crippen molar-refractivity contribution < 1.29 is 9.53 Å². The molecule has 0 radical (unpaired) electrons. The van der Waals surface area contributed by atoms with E-state index >= 15 is 0 Å². The first kappa shape index (κ1) is 19.0. The van der Waals surface area contributed by atoms with E-state index in [9.17, 15) is 9.59 Å². The van der Waals surface area contributed by atoms with Crippen LogP contribution in [0.5, 0.6) is 0 Å². The molecule has 0 amide bonds. The summed E-state index contributed by atoms with van der Waals surface area (Å²) < 4.78 is 6.90. The maximum absolute atomic E-state index is 13.3. The molecule has 1 aliphatic carbocycles. The van der Waals surface area contributed by atoms with Crippen LogP contribution >= 0.6 is 11.3 Å². The summed E-state index contributed by atoms with van der Waals surface area (Å²) in [7, 11) is 3.86. The van der Waals surface area contributed by atoms with Gasteiger partial charge in [-0.1, -0.05) is 6.92 Å². The second-order valence-corrected chi connectivity index (χ2v) is 8.34. The van der Waals surface area contributed by atoms with Gasteiger partial charge in [0.2, 0.25) is 0 Å². The van der Waals surface area contributed by atoms with Gasteiger partial charge >= 0.3 is 5.97 Å². The van der Waals surface area contributed by atoms with E-state index in [0.29, 0.717) is 17.8 Å². The normalized spacial score (nSPS) is 15.3. The van der Waals surface area contributed by atoms with Crippen LogP contribution in [0.25, 0.3) is 10.2 Å². The summed E-state index contributed by atoms with van der Waals surface area (Å²) in [6.07, 6.45) is 4.82. The predicted molar refractivity (Wildman–Crippen MR) is 104 cm³/mol. The lowest BCUT2D eigenvalue weighted by Crippen LogP contribution is -2.32. The average Bonchev–Trinajstić information content (AvgIpc) is 2.95. The Hall–Kier alpha value is -1.73. The molecule has 2 aromatic rings. The third-order valence-electron chi connectivity index (χ3n) is 4.81. The number of hydrogen-bond donors (Lipinski definition) is 0. The molecule has 0 saturated heterocycles. The lowest BCUT2D eigenvalue weighted by atomic mass is 9.97. The molecule has 0 bridgehead atoms. The third kappa shape index (κ3) is 3.83. The number of carbonyl (C=O) groups is 1. The van der Waals surface area contributed by atoms with Crippen molar-refractivity contribution in [3.63, 3.8) is 0 Å². The number of hydrogen-bond acceptors (Lipinski definition) is 6. The Kier molecular flexibility index (Phi) is 5.77. The van der Waals surface area contributed by atoms with Crippen molar-refractivity contribution in [1.29, 1.82) is 0 Å². The van der Waals surface area contributed by atoms with Gasteiger partial charge in [-0.15, -0.1) is 11.3 Å². The fourth-order valence-corrected chi connectivity index (χ4v) is 4.59. The summed E-state index contributed by atoms with van der Waals surface area (Å²) in [6.45, 7) is 4.25. The first-order valence-corrected chi connectivity index (χ1v) is 10.1. The molecule has 2 aromatic heterocycles. The van der Waals surface area contributed by atoms with Crippen molar-refractivity contribution >= 4 is 27.5 Å². The second kappa shape index (κ2) is 7.88. The number of aryl methyl sites for hydroxylation is 2. The number of thiophene rings is 1. The van der Waals surface area contributed by atoms with Gasteiger partial charge in [0.25, 0.3) is 5.56 Å². The highest BCUT2D eigenvalue weighted by molar-refractivity contribution is 7.18. The minimum Gasteiger partial charge on any atom is -0.461 e. The highest BCUT2D eigenvalue weighted by atomic mass is 32.1. The van der Waals surface area contributed by atoms with Gasteiger partial charge in [0.1, 0.15) is 17.2 Å². The standard InChI is InChI=1S/C19H27N3O3S/c1-5-12(2)25-16(23)11-22-15(10-21(3)4)20-18-17(19(22)24)13-8-6-7-9-14(13)26-18/h12H,5-11H2,1-4H3. The summed E-state index contributed by atoms with van der Waals surface area (Å²) in [5, 5.41) is 0.712. The largest absolute Gasteiger partial charge is 0.461 e. The first-order chi connectivity index (χ1) is 12.4. The van der Waals surface area contributed by atoms with Crippen LogP contribution < -0.4 is 5.56 Å². The van der Waals surface area contributed by atoms with E-state index in [1.807, 2.05) is 32.8 Å². The maximum atomic E-state index is 13.3. The molecule has 1 unspecified atom stereocenters. The average molecular weight is 378 g/mol. The smallest absolute Gasteiger partial charge is 0.326 e. The van der Waals surface area contributed by atoms with Crippen molar-refractivity contribution in [2.24, 2.45) is 0 Å². The van der Waals surface area contributed by atoms with Gasteiger partial charge in [-0.25, -0.2) is 4.98 Å². The van der Waals surface area contributed by atoms with Crippen molar-refractivity contribution in [1.82, 2.24) is 14.5 Å². The third-order valence-corrected chi connectivity index (χ3v) is 5.99. The van der Waals surface area contributed by atoms with Crippen molar-refractivity contribution in [3.8, 4) is 0 Å². The first-order valence-electron chi connectivity index (χ1n) is 9.28. The van der Waals surface area contributed by atoms with Crippen LogP contribution in [0, 0.1) is 0 Å². The molecule has 26 heavy (non-hydrogen) atoms. The highest BCUT2D eigenvalue weighted by Crippen LogP contribution is 2.33. The lowest BCUT2D eigenvalue weighted by Gasteiger charge is -2.17. The van der Waals surface area contributed by atoms with Crippen LogP contribution in [0.15, 0.2) is 4.79 Å². The summed E-state index contributed by atoms with van der Waals surface area (Å²) >= 11 is 1.64. The molecule has 2 heterocycles. The van der Waals surface area contributed by atoms with E-state index in [4.69, 9.17) is 9.72 Å². The summed E-state index contributed by atoms with van der Waals surface area (Å²) in [4.78, 5) is 34.4. The maximum Gasteiger partial charge on any atom is 0.326 e. The molecule has 0 aromatic carbocycles. The van der Waals surface area contributed by atoms with Crippen LogP contribution in [-0.2, 0) is 35.5 Å². The number of aromatic nitrogens is 2. The minimum atomic E-state index is -0.383. The lowest BCUT2D eigenvalue weighted by molar-refractivity contribution is -0.149. The Labute approximate surface area is 157 Å².